The van der Waals surface area contributed by atoms with Gasteiger partial charge in [0.15, 0.2) is 0 Å². The van der Waals surface area contributed by atoms with Crippen LogP contribution in [-0.4, -0.2) is 24.0 Å². The van der Waals surface area contributed by atoms with Gasteiger partial charge in [-0.05, 0) is 17.0 Å². The molecular formula is C22H28N2O3. The summed E-state index contributed by atoms with van der Waals surface area (Å²) in [7, 11) is 0. The Morgan fingerprint density at radius 1 is 1.00 bits per heavy atom. The molecule has 3 N–H and O–H groups in total. The third kappa shape index (κ3) is 6.53. The standard InChI is InChI=1S/C22H28N2O3/c1-3-16(2)20(23)21(25)24-19(14-17-10-6-4-7-11-17)22(26)27-15-18-12-8-5-9-13-18/h4-13,16,19-20H,3,14-15,23H2,1-2H3,(H,24,25)/t16-,19-,20-/m0/s1. The molecule has 27 heavy (non-hydrogen) atoms. The summed E-state index contributed by atoms with van der Waals surface area (Å²) in [6, 6.07) is 17.5. The molecule has 0 bridgehead atoms. The second kappa shape index (κ2) is 10.5. The van der Waals surface area contributed by atoms with Crippen molar-refractivity contribution >= 4 is 11.9 Å². The summed E-state index contributed by atoms with van der Waals surface area (Å²) >= 11 is 0. The molecule has 0 fully saturated rings. The highest BCUT2D eigenvalue weighted by atomic mass is 16.5. The van der Waals surface area contributed by atoms with Gasteiger partial charge in [0.2, 0.25) is 5.91 Å². The van der Waals surface area contributed by atoms with Crippen molar-refractivity contribution in [3.05, 3.63) is 71.8 Å². The number of benzene rings is 2. The van der Waals surface area contributed by atoms with Gasteiger partial charge >= 0.3 is 5.97 Å². The van der Waals surface area contributed by atoms with Crippen LogP contribution in [0.5, 0.6) is 0 Å². The fraction of sp³-hybridized carbons (Fsp3) is 0.364. The van der Waals surface area contributed by atoms with Gasteiger partial charge in [-0.3, -0.25) is 4.79 Å². The van der Waals surface area contributed by atoms with E-state index in [4.69, 9.17) is 10.5 Å². The molecule has 0 saturated heterocycles. The average molecular weight is 368 g/mol. The van der Waals surface area contributed by atoms with Crippen LogP contribution in [0.3, 0.4) is 0 Å². The molecule has 3 atom stereocenters. The van der Waals surface area contributed by atoms with Crippen molar-refractivity contribution in [2.75, 3.05) is 0 Å². The van der Waals surface area contributed by atoms with E-state index in [0.717, 1.165) is 17.5 Å². The fourth-order valence-corrected chi connectivity index (χ4v) is 2.65. The molecule has 2 aromatic carbocycles. The van der Waals surface area contributed by atoms with Gasteiger partial charge in [0.25, 0.3) is 0 Å². The van der Waals surface area contributed by atoms with E-state index >= 15 is 0 Å². The van der Waals surface area contributed by atoms with Crippen molar-refractivity contribution in [3.63, 3.8) is 0 Å². The lowest BCUT2D eigenvalue weighted by Crippen LogP contribution is -2.51. The van der Waals surface area contributed by atoms with Crippen LogP contribution in [0.25, 0.3) is 0 Å². The molecule has 0 radical (unpaired) electrons. The highest BCUT2D eigenvalue weighted by molar-refractivity contribution is 5.87. The van der Waals surface area contributed by atoms with Gasteiger partial charge in [0.05, 0.1) is 6.04 Å². The minimum Gasteiger partial charge on any atom is -0.459 e. The van der Waals surface area contributed by atoms with Gasteiger partial charge in [-0.25, -0.2) is 4.79 Å². The number of carbonyl (C=O) groups is 2. The Morgan fingerprint density at radius 3 is 2.11 bits per heavy atom. The number of hydrogen-bond acceptors (Lipinski definition) is 4. The summed E-state index contributed by atoms with van der Waals surface area (Å²) in [4.78, 5) is 25.1. The Bertz CT molecular complexity index is 719. The first-order valence-electron chi connectivity index (χ1n) is 9.31. The number of carbonyl (C=O) groups excluding carboxylic acids is 2. The van der Waals surface area contributed by atoms with Crippen LogP contribution in [0.4, 0.5) is 0 Å². The molecule has 0 heterocycles. The van der Waals surface area contributed by atoms with Crippen LogP contribution in [0.1, 0.15) is 31.4 Å². The normalized spacial score (nSPS) is 14.0. The van der Waals surface area contributed by atoms with Crippen LogP contribution in [0.2, 0.25) is 0 Å². The second-order valence-electron chi connectivity index (χ2n) is 6.76. The highest BCUT2D eigenvalue weighted by Gasteiger charge is 2.27. The molecule has 0 unspecified atom stereocenters. The van der Waals surface area contributed by atoms with Crippen molar-refractivity contribution in [1.82, 2.24) is 5.32 Å². The average Bonchev–Trinajstić information content (AvgIpc) is 2.71. The lowest BCUT2D eigenvalue weighted by molar-refractivity contribution is -0.149. The van der Waals surface area contributed by atoms with E-state index in [1.165, 1.54) is 0 Å². The van der Waals surface area contributed by atoms with Crippen molar-refractivity contribution in [2.24, 2.45) is 11.7 Å². The minimum absolute atomic E-state index is 0.0303. The van der Waals surface area contributed by atoms with Crippen LogP contribution < -0.4 is 11.1 Å². The number of amides is 1. The van der Waals surface area contributed by atoms with Gasteiger partial charge in [0, 0.05) is 6.42 Å². The maximum Gasteiger partial charge on any atom is 0.329 e. The molecule has 5 heteroatoms. The Labute approximate surface area is 160 Å². The first kappa shape index (κ1) is 20.6. The van der Waals surface area contributed by atoms with E-state index in [1.807, 2.05) is 74.5 Å². The molecule has 0 spiro atoms. The van der Waals surface area contributed by atoms with Gasteiger partial charge in [-0.15, -0.1) is 0 Å². The summed E-state index contributed by atoms with van der Waals surface area (Å²) in [6.45, 7) is 4.07. The molecule has 0 aliphatic rings. The molecule has 0 aliphatic heterocycles. The summed E-state index contributed by atoms with van der Waals surface area (Å²) in [5.41, 5.74) is 7.85. The van der Waals surface area contributed by atoms with Crippen molar-refractivity contribution < 1.29 is 14.3 Å². The zero-order valence-electron chi connectivity index (χ0n) is 15.9. The van der Waals surface area contributed by atoms with E-state index < -0.39 is 18.1 Å². The van der Waals surface area contributed by atoms with E-state index in [1.54, 1.807) is 0 Å². The molecule has 5 nitrogen and oxygen atoms in total. The van der Waals surface area contributed by atoms with Crippen LogP contribution in [0, 0.1) is 5.92 Å². The maximum absolute atomic E-state index is 12.6. The van der Waals surface area contributed by atoms with Crippen LogP contribution in [-0.2, 0) is 27.4 Å². The number of rotatable bonds is 9. The molecule has 2 rings (SSSR count). The summed E-state index contributed by atoms with van der Waals surface area (Å²) in [6.07, 6.45) is 1.14. The number of nitrogens with two attached hydrogens (primary N) is 1. The van der Waals surface area contributed by atoms with Crippen molar-refractivity contribution in [2.45, 2.75) is 45.4 Å². The zero-order chi connectivity index (χ0) is 19.6. The predicted molar refractivity (Wildman–Crippen MR) is 106 cm³/mol. The molecule has 0 aliphatic carbocycles. The van der Waals surface area contributed by atoms with Crippen molar-refractivity contribution in [3.8, 4) is 0 Å². The molecule has 144 valence electrons. The molecular weight excluding hydrogens is 340 g/mol. The van der Waals surface area contributed by atoms with E-state index in [-0.39, 0.29) is 18.4 Å². The minimum atomic E-state index is -0.779. The molecule has 0 aromatic heterocycles. The van der Waals surface area contributed by atoms with E-state index in [9.17, 15) is 9.59 Å². The van der Waals surface area contributed by atoms with Gasteiger partial charge in [-0.1, -0.05) is 80.9 Å². The van der Waals surface area contributed by atoms with Crippen molar-refractivity contribution in [1.29, 1.82) is 0 Å². The lowest BCUT2D eigenvalue weighted by Gasteiger charge is -2.22. The quantitative estimate of drug-likeness (QED) is 0.667. The first-order chi connectivity index (χ1) is 13.0. The predicted octanol–water partition coefficient (Wildman–Crippen LogP) is 2.83. The molecule has 1 amide bonds. The number of hydrogen-bond donors (Lipinski definition) is 2. The zero-order valence-corrected chi connectivity index (χ0v) is 15.9. The Balaban J connectivity index is 2.06. The second-order valence-corrected chi connectivity index (χ2v) is 6.76. The Kier molecular flexibility index (Phi) is 8.01. The van der Waals surface area contributed by atoms with Crippen LogP contribution in [0.15, 0.2) is 60.7 Å². The van der Waals surface area contributed by atoms with E-state index in [0.29, 0.717) is 6.42 Å². The number of ether oxygens (including phenoxy) is 1. The highest BCUT2D eigenvalue weighted by Crippen LogP contribution is 2.10. The topological polar surface area (TPSA) is 81.4 Å². The monoisotopic (exact) mass is 368 g/mol. The first-order valence-corrected chi connectivity index (χ1v) is 9.31. The fourth-order valence-electron chi connectivity index (χ4n) is 2.65. The number of nitrogens with one attached hydrogen (secondary N) is 1. The third-order valence-electron chi connectivity index (χ3n) is 4.67. The smallest absolute Gasteiger partial charge is 0.329 e. The third-order valence-corrected chi connectivity index (χ3v) is 4.67. The molecule has 2 aromatic rings. The maximum atomic E-state index is 12.6. The van der Waals surface area contributed by atoms with Gasteiger partial charge < -0.3 is 15.8 Å². The van der Waals surface area contributed by atoms with E-state index in [2.05, 4.69) is 5.32 Å². The Hall–Kier alpha value is -2.66. The summed E-state index contributed by atoms with van der Waals surface area (Å²) in [5.74, 6) is -0.767. The Morgan fingerprint density at radius 2 is 1.56 bits per heavy atom. The number of esters is 1. The van der Waals surface area contributed by atoms with Crippen LogP contribution >= 0.6 is 0 Å². The SMILES string of the molecule is CC[C@H](C)[C@H](N)C(=O)N[C@@H](Cc1ccccc1)C(=O)OCc1ccccc1. The summed E-state index contributed by atoms with van der Waals surface area (Å²) in [5, 5.41) is 2.78. The lowest BCUT2D eigenvalue weighted by atomic mass is 9.98. The molecule has 0 saturated carbocycles. The van der Waals surface area contributed by atoms with Gasteiger partial charge in [0.1, 0.15) is 12.6 Å². The summed E-state index contributed by atoms with van der Waals surface area (Å²) < 4.78 is 5.44. The van der Waals surface area contributed by atoms with Gasteiger partial charge in [-0.2, -0.15) is 0 Å². The largest absolute Gasteiger partial charge is 0.459 e.